The van der Waals surface area contributed by atoms with Gasteiger partial charge in [0.1, 0.15) is 0 Å². The van der Waals surface area contributed by atoms with Crippen molar-refractivity contribution >= 4 is 12.3 Å². The van der Waals surface area contributed by atoms with Crippen LogP contribution in [-0.4, -0.2) is 45.0 Å². The first-order chi connectivity index (χ1) is 10.1. The summed E-state index contributed by atoms with van der Waals surface area (Å²) >= 11 is 0. The summed E-state index contributed by atoms with van der Waals surface area (Å²) in [6.45, 7) is 0. The predicted octanol–water partition coefficient (Wildman–Crippen LogP) is 2.05. The van der Waals surface area contributed by atoms with Crippen LogP contribution in [0.3, 0.4) is 0 Å². The summed E-state index contributed by atoms with van der Waals surface area (Å²) in [7, 11) is 0. The molecule has 2 aliphatic rings. The highest BCUT2D eigenvalue weighted by molar-refractivity contribution is 5.57. The summed E-state index contributed by atoms with van der Waals surface area (Å²) < 4.78 is 0. The van der Waals surface area contributed by atoms with E-state index in [0.29, 0.717) is 12.8 Å². The largest absolute Gasteiger partial charge is 0.526 e. The zero-order valence-corrected chi connectivity index (χ0v) is 11.0. The molecule has 21 heavy (non-hydrogen) atoms. The van der Waals surface area contributed by atoms with Crippen molar-refractivity contribution in [3.8, 4) is 0 Å². The van der Waals surface area contributed by atoms with Gasteiger partial charge in [0.15, 0.2) is 0 Å². The van der Waals surface area contributed by atoms with E-state index in [1.54, 1.807) is 0 Å². The Labute approximate surface area is 120 Å². The third kappa shape index (κ3) is 2.50. The van der Waals surface area contributed by atoms with Gasteiger partial charge >= 0.3 is 12.3 Å². The second-order valence-electron chi connectivity index (χ2n) is 5.03. The van der Waals surface area contributed by atoms with E-state index < -0.39 is 12.3 Å². The van der Waals surface area contributed by atoms with E-state index in [-0.39, 0.29) is 18.0 Å². The molecule has 1 saturated heterocycles. The number of hydrogen-bond acceptors (Lipinski definition) is 6. The lowest BCUT2D eigenvalue weighted by Gasteiger charge is -2.36. The Bertz CT molecular complexity index is 551. The van der Waals surface area contributed by atoms with E-state index in [2.05, 4.69) is 4.84 Å². The average Bonchev–Trinajstić information content (AvgIpc) is 2.99. The number of nitrogens with zero attached hydrogens (tertiary/aromatic N) is 2. The first kappa shape index (κ1) is 13.7. The number of carboxylic acid groups (broad SMARTS) is 2. The number of hydrazine groups is 1. The fraction of sp³-hybridized carbons (Fsp3) is 0.385. The maximum absolute atomic E-state index is 10.8. The minimum Gasteiger partial charge on any atom is -0.448 e. The molecular formula is C13H14N2O6. The molecule has 0 radical (unpaired) electrons. The summed E-state index contributed by atoms with van der Waals surface area (Å²) in [6.07, 6.45) is -1.74. The second kappa shape index (κ2) is 5.23. The maximum Gasteiger partial charge on any atom is 0.526 e. The lowest BCUT2D eigenvalue weighted by Crippen LogP contribution is -2.50. The minimum atomic E-state index is -1.51. The molecule has 1 saturated carbocycles. The molecule has 0 spiro atoms. The van der Waals surface area contributed by atoms with E-state index in [0.717, 1.165) is 15.9 Å². The molecule has 2 fully saturated rings. The molecule has 0 aromatic heterocycles. The molecule has 3 atom stereocenters. The molecule has 1 aromatic rings. The van der Waals surface area contributed by atoms with E-state index in [1.165, 1.54) is 0 Å². The smallest absolute Gasteiger partial charge is 0.448 e. The average molecular weight is 294 g/mol. The normalized spacial score (nSPS) is 28.5. The first-order valence-electron chi connectivity index (χ1n) is 6.51. The van der Waals surface area contributed by atoms with E-state index in [9.17, 15) is 9.59 Å². The second-order valence-corrected chi connectivity index (χ2v) is 5.03. The lowest BCUT2D eigenvalue weighted by atomic mass is 9.93. The number of fused-ring (bicyclic) bond motifs is 2. The summed E-state index contributed by atoms with van der Waals surface area (Å²) in [5.74, 6) is 0.0733. The van der Waals surface area contributed by atoms with Crippen LogP contribution in [0.25, 0.3) is 0 Å². The predicted molar refractivity (Wildman–Crippen MR) is 67.9 cm³/mol. The molecule has 3 rings (SSSR count). The van der Waals surface area contributed by atoms with Crippen LogP contribution < -0.4 is 0 Å². The number of hydroxylamine groups is 2. The standard InChI is InChI=1S/C13H14N2O6/c16-12(17)20-14-9-6-10(8-4-2-1-3-5-8)11(7-9)15(14)21-13(18)19/h1-5,9-11H,6-7H2,(H,16,17)(H,18,19). The van der Waals surface area contributed by atoms with Crippen molar-refractivity contribution in [2.45, 2.75) is 30.8 Å². The molecule has 1 aromatic carbocycles. The van der Waals surface area contributed by atoms with Gasteiger partial charge < -0.3 is 19.9 Å². The Morgan fingerprint density at radius 3 is 2.24 bits per heavy atom. The highest BCUT2D eigenvalue weighted by Crippen LogP contribution is 2.46. The molecule has 8 heteroatoms. The number of benzene rings is 1. The van der Waals surface area contributed by atoms with Gasteiger partial charge in [0.05, 0.1) is 12.1 Å². The van der Waals surface area contributed by atoms with Crippen molar-refractivity contribution in [1.82, 2.24) is 10.3 Å². The topological polar surface area (TPSA) is 99.5 Å². The van der Waals surface area contributed by atoms with Gasteiger partial charge in [0.2, 0.25) is 0 Å². The zero-order chi connectivity index (χ0) is 15.0. The maximum atomic E-state index is 10.8. The van der Waals surface area contributed by atoms with Gasteiger partial charge in [-0.05, 0) is 28.7 Å². The highest BCUT2D eigenvalue weighted by Gasteiger charge is 2.55. The van der Waals surface area contributed by atoms with Crippen molar-refractivity contribution in [1.29, 1.82) is 0 Å². The Balaban J connectivity index is 1.83. The number of rotatable bonds is 3. The Morgan fingerprint density at radius 1 is 1.00 bits per heavy atom. The Kier molecular flexibility index (Phi) is 3.40. The van der Waals surface area contributed by atoms with Crippen molar-refractivity contribution in [3.63, 3.8) is 0 Å². The van der Waals surface area contributed by atoms with Crippen molar-refractivity contribution in [2.24, 2.45) is 0 Å². The van der Waals surface area contributed by atoms with Crippen molar-refractivity contribution < 1.29 is 29.5 Å². The highest BCUT2D eigenvalue weighted by atomic mass is 16.9. The SMILES string of the molecule is O=C(O)ON1C2CC(c3ccccc3)C(C2)N1OC(=O)O. The summed E-state index contributed by atoms with van der Waals surface area (Å²) in [5.41, 5.74) is 1.07. The van der Waals surface area contributed by atoms with Crippen LogP contribution in [0.1, 0.15) is 24.3 Å². The van der Waals surface area contributed by atoms with Gasteiger partial charge in [-0.15, -0.1) is 0 Å². The molecule has 3 unspecified atom stereocenters. The fourth-order valence-electron chi connectivity index (χ4n) is 3.16. The summed E-state index contributed by atoms with van der Waals surface area (Å²) in [5, 5.41) is 19.6. The van der Waals surface area contributed by atoms with Gasteiger partial charge in [0.25, 0.3) is 0 Å². The molecule has 2 bridgehead atoms. The van der Waals surface area contributed by atoms with Crippen LogP contribution in [0.15, 0.2) is 30.3 Å². The van der Waals surface area contributed by atoms with Gasteiger partial charge in [-0.1, -0.05) is 30.3 Å². The molecule has 1 heterocycles. The molecule has 1 aliphatic carbocycles. The lowest BCUT2D eigenvalue weighted by molar-refractivity contribution is -0.379. The molecule has 8 nitrogen and oxygen atoms in total. The Hall–Kier alpha value is -2.32. The van der Waals surface area contributed by atoms with Crippen LogP contribution >= 0.6 is 0 Å². The monoisotopic (exact) mass is 294 g/mol. The van der Waals surface area contributed by atoms with Crippen molar-refractivity contribution in [3.05, 3.63) is 35.9 Å². The minimum absolute atomic E-state index is 0.0733. The molecule has 2 N–H and O–H groups in total. The van der Waals surface area contributed by atoms with Gasteiger partial charge in [-0.3, -0.25) is 0 Å². The third-order valence-electron chi connectivity index (χ3n) is 3.87. The van der Waals surface area contributed by atoms with E-state index in [1.807, 2.05) is 30.3 Å². The summed E-state index contributed by atoms with van der Waals surface area (Å²) in [4.78, 5) is 30.9. The van der Waals surface area contributed by atoms with E-state index >= 15 is 0 Å². The Morgan fingerprint density at radius 2 is 1.62 bits per heavy atom. The first-order valence-corrected chi connectivity index (χ1v) is 6.51. The van der Waals surface area contributed by atoms with E-state index in [4.69, 9.17) is 15.1 Å². The van der Waals surface area contributed by atoms with Crippen LogP contribution in [0.4, 0.5) is 9.59 Å². The quantitative estimate of drug-likeness (QED) is 0.873. The molecular weight excluding hydrogens is 280 g/mol. The zero-order valence-electron chi connectivity index (χ0n) is 11.0. The van der Waals surface area contributed by atoms with Gasteiger partial charge in [-0.25, -0.2) is 9.59 Å². The number of hydrogen-bond donors (Lipinski definition) is 2. The van der Waals surface area contributed by atoms with Crippen LogP contribution in [0, 0.1) is 0 Å². The van der Waals surface area contributed by atoms with Crippen LogP contribution in [-0.2, 0) is 9.68 Å². The third-order valence-corrected chi connectivity index (χ3v) is 3.87. The molecule has 0 amide bonds. The van der Waals surface area contributed by atoms with Crippen LogP contribution in [0.2, 0.25) is 0 Å². The van der Waals surface area contributed by atoms with Gasteiger partial charge in [-0.2, -0.15) is 0 Å². The molecule has 112 valence electrons. The number of carbonyl (C=O) groups is 2. The van der Waals surface area contributed by atoms with Crippen molar-refractivity contribution in [2.75, 3.05) is 0 Å². The van der Waals surface area contributed by atoms with Crippen LogP contribution in [0.5, 0.6) is 0 Å². The fourth-order valence-corrected chi connectivity index (χ4v) is 3.16. The van der Waals surface area contributed by atoms with Gasteiger partial charge in [0, 0.05) is 5.92 Å². The summed E-state index contributed by atoms with van der Waals surface area (Å²) in [6, 6.07) is 9.16. The molecule has 1 aliphatic heterocycles.